The Bertz CT molecular complexity index is 412. The molecule has 120 valence electrons. The number of hydrogen-bond donors (Lipinski definition) is 3. The molecule has 0 aromatic rings. The van der Waals surface area contributed by atoms with Crippen LogP contribution in [0.15, 0.2) is 0 Å². The van der Waals surface area contributed by atoms with Gasteiger partial charge in [-0.1, -0.05) is 26.2 Å². The summed E-state index contributed by atoms with van der Waals surface area (Å²) in [5.41, 5.74) is 10.8. The quantitative estimate of drug-likeness (QED) is 0.657. The summed E-state index contributed by atoms with van der Waals surface area (Å²) in [6.45, 7) is 2.20. The van der Waals surface area contributed by atoms with E-state index in [1.807, 2.05) is 0 Å². The Labute approximate surface area is 126 Å². The number of carbonyl (C=O) groups excluding carboxylic acids is 2. The maximum absolute atomic E-state index is 12.4. The normalized spacial score (nSPS) is 25.9. The van der Waals surface area contributed by atoms with Crippen molar-refractivity contribution in [2.75, 3.05) is 0 Å². The highest BCUT2D eigenvalue weighted by atomic mass is 16.3. The van der Waals surface area contributed by atoms with Crippen LogP contribution in [0.2, 0.25) is 0 Å². The van der Waals surface area contributed by atoms with Crippen molar-refractivity contribution >= 4 is 11.7 Å². The molecule has 2 rings (SSSR count). The lowest BCUT2D eigenvalue weighted by Gasteiger charge is -2.44. The molecule has 21 heavy (non-hydrogen) atoms. The van der Waals surface area contributed by atoms with Crippen LogP contribution in [0.25, 0.3) is 0 Å². The zero-order valence-electron chi connectivity index (χ0n) is 12.9. The fourth-order valence-corrected chi connectivity index (χ4v) is 4.04. The summed E-state index contributed by atoms with van der Waals surface area (Å²) in [4.78, 5) is 23.7. The van der Waals surface area contributed by atoms with Crippen LogP contribution in [0, 0.1) is 10.8 Å². The number of amides is 1. The lowest BCUT2D eigenvalue weighted by atomic mass is 9.61. The molecule has 2 atom stereocenters. The Balaban J connectivity index is 1.94. The third-order valence-corrected chi connectivity index (χ3v) is 5.66. The molecule has 2 fully saturated rings. The topological polar surface area (TPSA) is 106 Å². The van der Waals surface area contributed by atoms with E-state index in [0.717, 1.165) is 19.3 Å². The minimum atomic E-state index is -1.23. The van der Waals surface area contributed by atoms with E-state index >= 15 is 0 Å². The van der Waals surface area contributed by atoms with E-state index in [1.54, 1.807) is 0 Å². The van der Waals surface area contributed by atoms with Crippen LogP contribution in [-0.4, -0.2) is 28.9 Å². The van der Waals surface area contributed by atoms with Crippen molar-refractivity contribution < 1.29 is 14.7 Å². The zero-order valence-corrected chi connectivity index (χ0v) is 12.9. The summed E-state index contributed by atoms with van der Waals surface area (Å²) in [6.07, 6.45) is 6.59. The molecule has 5 heteroatoms. The van der Waals surface area contributed by atoms with Crippen molar-refractivity contribution in [2.45, 2.75) is 76.9 Å². The standard InChI is InChI=1S/C16H28N2O3/c1-15(5-2-3-6-15)9-11(17)12(19)10-16(7-4-8-16)13(20)14(18)21/h11,13,20H,2-10,17H2,1H3,(H2,18,21)/t11-,13?/m0/s1. The van der Waals surface area contributed by atoms with Crippen LogP contribution in [0.1, 0.15) is 64.7 Å². The van der Waals surface area contributed by atoms with E-state index in [9.17, 15) is 14.7 Å². The molecule has 0 heterocycles. The van der Waals surface area contributed by atoms with E-state index < -0.39 is 23.5 Å². The predicted octanol–water partition coefficient (Wildman–Crippen LogP) is 1.26. The summed E-state index contributed by atoms with van der Waals surface area (Å²) >= 11 is 0. The van der Waals surface area contributed by atoms with Crippen molar-refractivity contribution in [3.63, 3.8) is 0 Å². The first-order chi connectivity index (χ1) is 9.78. The molecule has 2 aliphatic carbocycles. The number of nitrogens with two attached hydrogens (primary N) is 2. The van der Waals surface area contributed by atoms with Gasteiger partial charge in [0, 0.05) is 11.8 Å². The Morgan fingerprint density at radius 2 is 1.71 bits per heavy atom. The van der Waals surface area contributed by atoms with Crippen LogP contribution < -0.4 is 11.5 Å². The highest BCUT2D eigenvalue weighted by Gasteiger charge is 2.48. The van der Waals surface area contributed by atoms with E-state index in [4.69, 9.17) is 11.5 Å². The lowest BCUT2D eigenvalue weighted by molar-refractivity contribution is -0.143. The van der Waals surface area contributed by atoms with Gasteiger partial charge in [0.1, 0.15) is 11.9 Å². The minimum Gasteiger partial charge on any atom is -0.383 e. The van der Waals surface area contributed by atoms with Gasteiger partial charge in [-0.2, -0.15) is 0 Å². The number of aliphatic hydroxyl groups excluding tert-OH is 1. The van der Waals surface area contributed by atoms with E-state index in [1.165, 1.54) is 12.8 Å². The fraction of sp³-hybridized carbons (Fsp3) is 0.875. The van der Waals surface area contributed by atoms with Gasteiger partial charge in [0.2, 0.25) is 5.91 Å². The molecule has 0 saturated heterocycles. The van der Waals surface area contributed by atoms with Crippen molar-refractivity contribution in [1.29, 1.82) is 0 Å². The first-order valence-corrected chi connectivity index (χ1v) is 8.04. The van der Waals surface area contributed by atoms with Crippen LogP contribution >= 0.6 is 0 Å². The molecule has 0 aliphatic heterocycles. The third kappa shape index (κ3) is 3.46. The number of hydrogen-bond acceptors (Lipinski definition) is 4. The van der Waals surface area contributed by atoms with Crippen LogP contribution in [0.3, 0.4) is 0 Å². The Hall–Kier alpha value is -0.940. The number of Topliss-reactive ketones (excluding diaryl/α,β-unsaturated/α-hetero) is 1. The van der Waals surface area contributed by atoms with Gasteiger partial charge in [-0.15, -0.1) is 0 Å². The van der Waals surface area contributed by atoms with Crippen LogP contribution in [0.5, 0.6) is 0 Å². The molecule has 0 bridgehead atoms. The zero-order chi connectivity index (χ0) is 15.7. The fourth-order valence-electron chi connectivity index (χ4n) is 4.04. The van der Waals surface area contributed by atoms with Gasteiger partial charge in [0.25, 0.3) is 0 Å². The van der Waals surface area contributed by atoms with Gasteiger partial charge in [0.05, 0.1) is 6.04 Å². The number of ketones is 1. The summed E-state index contributed by atoms with van der Waals surface area (Å²) < 4.78 is 0. The molecule has 0 aromatic heterocycles. The highest BCUT2D eigenvalue weighted by molar-refractivity contribution is 5.86. The van der Waals surface area contributed by atoms with Crippen molar-refractivity contribution in [1.82, 2.24) is 0 Å². The molecular weight excluding hydrogens is 268 g/mol. The molecule has 0 spiro atoms. The monoisotopic (exact) mass is 296 g/mol. The van der Waals surface area contributed by atoms with Gasteiger partial charge < -0.3 is 16.6 Å². The summed E-state index contributed by atoms with van der Waals surface area (Å²) in [5.74, 6) is -0.776. The predicted molar refractivity (Wildman–Crippen MR) is 80.3 cm³/mol. The van der Waals surface area contributed by atoms with Crippen molar-refractivity contribution in [2.24, 2.45) is 22.3 Å². The van der Waals surface area contributed by atoms with Gasteiger partial charge in [-0.3, -0.25) is 9.59 Å². The summed E-state index contributed by atoms with van der Waals surface area (Å²) in [6, 6.07) is -0.495. The maximum atomic E-state index is 12.4. The van der Waals surface area contributed by atoms with Crippen LogP contribution in [-0.2, 0) is 9.59 Å². The molecule has 5 N–H and O–H groups in total. The van der Waals surface area contributed by atoms with Gasteiger partial charge >= 0.3 is 0 Å². The smallest absolute Gasteiger partial charge is 0.246 e. The second-order valence-electron chi connectivity index (χ2n) is 7.49. The summed E-state index contributed by atoms with van der Waals surface area (Å²) in [7, 11) is 0. The molecule has 5 nitrogen and oxygen atoms in total. The second-order valence-corrected chi connectivity index (χ2v) is 7.49. The van der Waals surface area contributed by atoms with Crippen molar-refractivity contribution in [3.05, 3.63) is 0 Å². The minimum absolute atomic E-state index is 0.0388. The van der Waals surface area contributed by atoms with E-state index in [0.29, 0.717) is 19.3 Å². The Morgan fingerprint density at radius 3 is 2.14 bits per heavy atom. The van der Waals surface area contributed by atoms with Crippen LogP contribution in [0.4, 0.5) is 0 Å². The number of primary amides is 1. The maximum Gasteiger partial charge on any atom is 0.246 e. The average Bonchev–Trinajstić information content (AvgIpc) is 2.79. The molecular formula is C16H28N2O3. The number of rotatable bonds is 7. The molecule has 1 amide bonds. The molecule has 1 unspecified atom stereocenters. The average molecular weight is 296 g/mol. The second kappa shape index (κ2) is 6.05. The molecule has 2 saturated carbocycles. The first-order valence-electron chi connectivity index (χ1n) is 8.04. The van der Waals surface area contributed by atoms with Gasteiger partial charge in [-0.25, -0.2) is 0 Å². The molecule has 2 aliphatic rings. The van der Waals surface area contributed by atoms with Gasteiger partial charge in [-0.05, 0) is 37.5 Å². The Kier molecular flexibility index (Phi) is 4.73. The van der Waals surface area contributed by atoms with E-state index in [-0.39, 0.29) is 17.6 Å². The largest absolute Gasteiger partial charge is 0.383 e. The first kappa shape index (κ1) is 16.4. The number of carbonyl (C=O) groups is 2. The summed E-state index contributed by atoms with van der Waals surface area (Å²) in [5, 5.41) is 9.99. The van der Waals surface area contributed by atoms with E-state index in [2.05, 4.69) is 6.92 Å². The lowest BCUT2D eigenvalue weighted by Crippen LogP contribution is -2.51. The molecule has 0 aromatic carbocycles. The highest BCUT2D eigenvalue weighted by Crippen LogP contribution is 2.48. The third-order valence-electron chi connectivity index (χ3n) is 5.66. The Morgan fingerprint density at radius 1 is 1.14 bits per heavy atom. The molecule has 0 radical (unpaired) electrons. The van der Waals surface area contributed by atoms with Gasteiger partial charge in [0.15, 0.2) is 0 Å². The number of aliphatic hydroxyl groups is 1. The van der Waals surface area contributed by atoms with Crippen molar-refractivity contribution in [3.8, 4) is 0 Å². The SMILES string of the molecule is CC1(C[C@H](N)C(=O)CC2(C(O)C(N)=O)CCC2)CCCC1.